The smallest absolute Gasteiger partial charge is 0.300 e. The summed E-state index contributed by atoms with van der Waals surface area (Å²) in [6.45, 7) is 5.92. The summed E-state index contributed by atoms with van der Waals surface area (Å²) in [6.07, 6.45) is 3.62. The van der Waals surface area contributed by atoms with Crippen molar-refractivity contribution >= 4 is 28.8 Å². The Morgan fingerprint density at radius 2 is 1.46 bits per heavy atom. The van der Waals surface area contributed by atoms with Crippen LogP contribution in [0.1, 0.15) is 50.3 Å². The Morgan fingerprint density at radius 3 is 2.08 bits per heavy atom. The number of piperidine rings is 1. The van der Waals surface area contributed by atoms with Gasteiger partial charge >= 0.3 is 0 Å². The molecule has 5 rings (SSSR count). The van der Waals surface area contributed by atoms with Gasteiger partial charge in [-0.15, -0.1) is 0 Å². The van der Waals surface area contributed by atoms with Gasteiger partial charge in [-0.25, -0.2) is 0 Å². The fourth-order valence-electron chi connectivity index (χ4n) is 5.14. The van der Waals surface area contributed by atoms with Gasteiger partial charge in [0, 0.05) is 30.0 Å². The van der Waals surface area contributed by atoms with E-state index in [4.69, 9.17) is 4.74 Å². The van der Waals surface area contributed by atoms with Crippen molar-refractivity contribution in [3.8, 4) is 5.75 Å². The molecule has 0 saturated carbocycles. The number of benzene rings is 3. The number of aliphatic hydroxyl groups excluding tert-OH is 1. The lowest BCUT2D eigenvalue weighted by molar-refractivity contribution is -0.132. The summed E-state index contributed by atoms with van der Waals surface area (Å²) in [5.74, 6) is -0.883. The molecule has 0 aliphatic carbocycles. The summed E-state index contributed by atoms with van der Waals surface area (Å²) < 4.78 is 5.70. The van der Waals surface area contributed by atoms with Crippen molar-refractivity contribution < 1.29 is 19.4 Å². The molecular formula is C31H32N2O4. The summed E-state index contributed by atoms with van der Waals surface area (Å²) in [6, 6.07) is 23.3. The zero-order valence-corrected chi connectivity index (χ0v) is 21.3. The molecule has 2 aliphatic heterocycles. The lowest BCUT2D eigenvalue weighted by Gasteiger charge is -2.30. The molecule has 3 aromatic rings. The third-order valence-electron chi connectivity index (χ3n) is 6.91. The maximum absolute atomic E-state index is 13.4. The van der Waals surface area contributed by atoms with E-state index in [0.717, 1.165) is 24.3 Å². The molecule has 6 nitrogen and oxygen atoms in total. The molecule has 1 N–H and O–H groups in total. The number of anilines is 2. The summed E-state index contributed by atoms with van der Waals surface area (Å²) in [5, 5.41) is 11.3. The summed E-state index contributed by atoms with van der Waals surface area (Å²) in [5.41, 5.74) is 3.02. The van der Waals surface area contributed by atoms with Crippen molar-refractivity contribution in [2.24, 2.45) is 0 Å². The van der Waals surface area contributed by atoms with Crippen molar-refractivity contribution in [3.63, 3.8) is 0 Å². The normalized spacial score (nSPS) is 19.5. The number of carbonyl (C=O) groups is 2. The minimum absolute atomic E-state index is 0.0177. The quantitative estimate of drug-likeness (QED) is 0.254. The molecule has 2 saturated heterocycles. The highest BCUT2D eigenvalue weighted by atomic mass is 16.5. The van der Waals surface area contributed by atoms with Gasteiger partial charge in [0.2, 0.25) is 0 Å². The highest BCUT2D eigenvalue weighted by Crippen LogP contribution is 2.42. The van der Waals surface area contributed by atoms with Gasteiger partial charge in [-0.05, 0) is 87.2 Å². The lowest BCUT2D eigenvalue weighted by atomic mass is 9.95. The van der Waals surface area contributed by atoms with E-state index in [-0.39, 0.29) is 17.4 Å². The third kappa shape index (κ3) is 4.96. The zero-order valence-electron chi connectivity index (χ0n) is 21.3. The van der Waals surface area contributed by atoms with Gasteiger partial charge in [0.15, 0.2) is 0 Å². The largest absolute Gasteiger partial charge is 0.507 e. The molecule has 1 amide bonds. The SMILES string of the molecule is CC(C)Oc1ccc(/C(O)=C2\C(=O)C(=O)N(c3ccc(N4CCCCC4)cc3)C2c2ccccc2)cc1. The Kier molecular flexibility index (Phi) is 6.99. The van der Waals surface area contributed by atoms with E-state index in [1.807, 2.05) is 68.4 Å². The Hall–Kier alpha value is -4.06. The Labute approximate surface area is 217 Å². The zero-order chi connectivity index (χ0) is 25.9. The maximum atomic E-state index is 13.4. The Balaban J connectivity index is 1.55. The van der Waals surface area contributed by atoms with E-state index in [1.165, 1.54) is 24.2 Å². The number of ketones is 1. The molecule has 0 bridgehead atoms. The van der Waals surface area contributed by atoms with E-state index in [0.29, 0.717) is 17.0 Å². The van der Waals surface area contributed by atoms with Crippen LogP contribution in [0.4, 0.5) is 11.4 Å². The van der Waals surface area contributed by atoms with Crippen LogP contribution < -0.4 is 14.5 Å². The highest BCUT2D eigenvalue weighted by molar-refractivity contribution is 6.51. The molecular weight excluding hydrogens is 464 g/mol. The molecule has 190 valence electrons. The molecule has 37 heavy (non-hydrogen) atoms. The maximum Gasteiger partial charge on any atom is 0.300 e. The first-order valence-electron chi connectivity index (χ1n) is 12.9. The molecule has 2 fully saturated rings. The first-order valence-corrected chi connectivity index (χ1v) is 12.9. The van der Waals surface area contributed by atoms with E-state index < -0.39 is 17.7 Å². The number of rotatable bonds is 6. The van der Waals surface area contributed by atoms with E-state index in [9.17, 15) is 14.7 Å². The van der Waals surface area contributed by atoms with Gasteiger partial charge in [-0.2, -0.15) is 0 Å². The molecule has 1 unspecified atom stereocenters. The van der Waals surface area contributed by atoms with Gasteiger partial charge in [-0.1, -0.05) is 30.3 Å². The van der Waals surface area contributed by atoms with E-state index in [1.54, 1.807) is 24.3 Å². The Morgan fingerprint density at radius 1 is 0.838 bits per heavy atom. The minimum Gasteiger partial charge on any atom is -0.507 e. The van der Waals surface area contributed by atoms with Crippen LogP contribution in [-0.4, -0.2) is 36.0 Å². The second-order valence-corrected chi connectivity index (χ2v) is 9.83. The summed E-state index contributed by atoms with van der Waals surface area (Å²) in [7, 11) is 0. The first kappa shape index (κ1) is 24.6. The molecule has 3 aromatic carbocycles. The van der Waals surface area contributed by atoms with Gasteiger partial charge in [-0.3, -0.25) is 14.5 Å². The number of hydrogen-bond acceptors (Lipinski definition) is 5. The number of ether oxygens (including phenoxy) is 1. The second kappa shape index (κ2) is 10.5. The van der Waals surface area contributed by atoms with Crippen molar-refractivity contribution in [3.05, 3.63) is 95.6 Å². The summed E-state index contributed by atoms with van der Waals surface area (Å²) in [4.78, 5) is 30.6. The predicted octanol–water partition coefficient (Wildman–Crippen LogP) is 6.09. The molecule has 0 radical (unpaired) electrons. The number of carbonyl (C=O) groups excluding carboxylic acids is 2. The molecule has 0 spiro atoms. The van der Waals surface area contributed by atoms with Crippen LogP contribution in [0.25, 0.3) is 5.76 Å². The topological polar surface area (TPSA) is 70.1 Å². The van der Waals surface area contributed by atoms with Crippen LogP contribution in [0, 0.1) is 0 Å². The average Bonchev–Trinajstić information content (AvgIpc) is 3.19. The molecule has 6 heteroatoms. The number of Topliss-reactive ketones (excluding diaryl/α,β-unsaturated/α-hetero) is 1. The molecule has 1 atom stereocenters. The molecule has 2 heterocycles. The van der Waals surface area contributed by atoms with Crippen LogP contribution in [0.15, 0.2) is 84.4 Å². The van der Waals surface area contributed by atoms with Crippen LogP contribution >= 0.6 is 0 Å². The third-order valence-corrected chi connectivity index (χ3v) is 6.91. The molecule has 0 aromatic heterocycles. The standard InChI is InChI=1S/C31H32N2O4/c1-21(2)37-26-17-11-23(12-18-26)29(34)27-28(22-9-5-3-6-10-22)33(31(36)30(27)35)25-15-13-24(14-16-25)32-19-7-4-8-20-32/h3,5-6,9-18,21,28,34H,4,7-8,19-20H2,1-2H3/b29-27+. The Bertz CT molecular complexity index is 1290. The van der Waals surface area contributed by atoms with Crippen LogP contribution in [0.2, 0.25) is 0 Å². The second-order valence-electron chi connectivity index (χ2n) is 9.83. The highest BCUT2D eigenvalue weighted by Gasteiger charge is 2.46. The van der Waals surface area contributed by atoms with Gasteiger partial charge < -0.3 is 14.7 Å². The monoisotopic (exact) mass is 496 g/mol. The fourth-order valence-corrected chi connectivity index (χ4v) is 5.14. The van der Waals surface area contributed by atoms with Crippen LogP contribution in [0.3, 0.4) is 0 Å². The van der Waals surface area contributed by atoms with Gasteiger partial charge in [0.25, 0.3) is 11.7 Å². The fraction of sp³-hybridized carbons (Fsp3) is 0.290. The summed E-state index contributed by atoms with van der Waals surface area (Å²) >= 11 is 0. The van der Waals surface area contributed by atoms with E-state index in [2.05, 4.69) is 4.90 Å². The first-order chi connectivity index (χ1) is 17.9. The van der Waals surface area contributed by atoms with Crippen LogP contribution in [0.5, 0.6) is 5.75 Å². The van der Waals surface area contributed by atoms with E-state index >= 15 is 0 Å². The van der Waals surface area contributed by atoms with Gasteiger partial charge in [0.1, 0.15) is 11.5 Å². The average molecular weight is 497 g/mol. The van der Waals surface area contributed by atoms with Crippen molar-refractivity contribution in [1.29, 1.82) is 0 Å². The van der Waals surface area contributed by atoms with Crippen molar-refractivity contribution in [2.45, 2.75) is 45.3 Å². The van der Waals surface area contributed by atoms with Crippen LogP contribution in [-0.2, 0) is 9.59 Å². The van der Waals surface area contributed by atoms with Gasteiger partial charge in [0.05, 0.1) is 17.7 Å². The van der Waals surface area contributed by atoms with Crippen molar-refractivity contribution in [1.82, 2.24) is 0 Å². The number of aliphatic hydroxyl groups is 1. The minimum atomic E-state index is -0.742. The predicted molar refractivity (Wildman–Crippen MR) is 146 cm³/mol. The molecule has 2 aliphatic rings. The number of hydrogen-bond donors (Lipinski definition) is 1. The number of nitrogens with zero attached hydrogens (tertiary/aromatic N) is 2. The lowest BCUT2D eigenvalue weighted by Crippen LogP contribution is -2.30. The number of amides is 1. The van der Waals surface area contributed by atoms with Crippen molar-refractivity contribution in [2.75, 3.05) is 22.9 Å².